The summed E-state index contributed by atoms with van der Waals surface area (Å²) in [6.07, 6.45) is 1.98. The second-order valence-corrected chi connectivity index (χ2v) is 8.16. The average Bonchev–Trinajstić information content (AvgIpc) is 2.61. The van der Waals surface area contributed by atoms with Crippen LogP contribution in [0, 0.1) is 6.92 Å². The molecule has 0 bridgehead atoms. The van der Waals surface area contributed by atoms with Crippen LogP contribution in [0.1, 0.15) is 39.2 Å². The molecule has 1 aromatic rings. The van der Waals surface area contributed by atoms with Gasteiger partial charge in [0, 0.05) is 5.54 Å². The third-order valence-electron chi connectivity index (χ3n) is 4.07. The molecule has 0 aromatic heterocycles. The van der Waals surface area contributed by atoms with Crippen LogP contribution in [0.25, 0.3) is 0 Å². The highest BCUT2D eigenvalue weighted by Crippen LogP contribution is 2.43. The first-order chi connectivity index (χ1) is 9.13. The summed E-state index contributed by atoms with van der Waals surface area (Å²) in [5, 5.41) is 0. The molecule has 0 amide bonds. The number of rotatable bonds is 3. The van der Waals surface area contributed by atoms with E-state index in [4.69, 9.17) is 0 Å². The summed E-state index contributed by atoms with van der Waals surface area (Å²) in [6, 6.07) is 6.75. The van der Waals surface area contributed by atoms with Crippen molar-refractivity contribution in [3.63, 3.8) is 0 Å². The van der Waals surface area contributed by atoms with E-state index in [9.17, 15) is 13.2 Å². The van der Waals surface area contributed by atoms with Crippen LogP contribution in [-0.2, 0) is 14.8 Å². The van der Waals surface area contributed by atoms with Crippen LogP contribution in [0.3, 0.4) is 0 Å². The Morgan fingerprint density at radius 3 is 2.15 bits per heavy atom. The van der Waals surface area contributed by atoms with Crippen molar-refractivity contribution >= 4 is 16.3 Å². The number of carbonyl (C=O) groups is 1. The van der Waals surface area contributed by atoms with E-state index in [1.807, 2.05) is 20.8 Å². The van der Waals surface area contributed by atoms with Crippen LogP contribution in [-0.4, -0.2) is 30.1 Å². The molecule has 1 atom stereocenters. The highest BCUT2D eigenvalue weighted by atomic mass is 32.2. The maximum Gasteiger partial charge on any atom is 0.244 e. The molecule has 5 heteroatoms. The zero-order chi connectivity index (χ0) is 15.2. The molecular weight excluding hydrogens is 274 g/mol. The summed E-state index contributed by atoms with van der Waals surface area (Å²) < 4.78 is 27.2. The zero-order valence-electron chi connectivity index (χ0n) is 12.4. The fourth-order valence-corrected chi connectivity index (χ4v) is 5.09. The van der Waals surface area contributed by atoms with Crippen molar-refractivity contribution in [3.8, 4) is 0 Å². The van der Waals surface area contributed by atoms with Crippen molar-refractivity contribution in [2.45, 2.75) is 56.5 Å². The Hall–Kier alpha value is -1.20. The molecule has 1 unspecified atom stereocenters. The van der Waals surface area contributed by atoms with E-state index in [0.29, 0.717) is 12.8 Å². The third-order valence-corrected chi connectivity index (χ3v) is 6.33. The van der Waals surface area contributed by atoms with Gasteiger partial charge in [-0.2, -0.15) is 4.31 Å². The van der Waals surface area contributed by atoms with E-state index in [-0.39, 0.29) is 4.90 Å². The van der Waals surface area contributed by atoms with E-state index < -0.39 is 21.1 Å². The number of sulfonamides is 1. The van der Waals surface area contributed by atoms with Crippen LogP contribution in [0.4, 0.5) is 0 Å². The first kappa shape index (κ1) is 15.2. The van der Waals surface area contributed by atoms with Crippen molar-refractivity contribution < 1.29 is 13.2 Å². The van der Waals surface area contributed by atoms with Gasteiger partial charge in [0.1, 0.15) is 6.29 Å². The summed E-state index contributed by atoms with van der Waals surface area (Å²) in [5.41, 5.74) is -0.519. The topological polar surface area (TPSA) is 54.5 Å². The van der Waals surface area contributed by atoms with E-state index in [1.165, 1.54) is 4.31 Å². The highest BCUT2D eigenvalue weighted by Gasteiger charge is 2.54. The first-order valence-electron chi connectivity index (χ1n) is 6.72. The number of hydrogen-bond acceptors (Lipinski definition) is 3. The number of aldehydes is 1. The maximum atomic E-state index is 12.9. The molecule has 2 rings (SSSR count). The van der Waals surface area contributed by atoms with Crippen LogP contribution < -0.4 is 0 Å². The fourth-order valence-electron chi connectivity index (χ4n) is 2.98. The van der Waals surface area contributed by atoms with Gasteiger partial charge in [0.15, 0.2) is 0 Å². The molecule has 1 heterocycles. The zero-order valence-corrected chi connectivity index (χ0v) is 13.2. The van der Waals surface area contributed by atoms with Crippen LogP contribution in [0.5, 0.6) is 0 Å². The standard InChI is InChI=1S/C15H21NO3S/c1-12-5-7-13(8-6-12)20(18,19)16-14(2,3)9-10-15(16,4)11-17/h5-8,11H,9-10H2,1-4H3. The molecule has 1 saturated heterocycles. The van der Waals surface area contributed by atoms with Gasteiger partial charge in [-0.05, 0) is 52.7 Å². The lowest BCUT2D eigenvalue weighted by Gasteiger charge is -2.37. The molecule has 1 fully saturated rings. The summed E-state index contributed by atoms with van der Waals surface area (Å²) in [6.45, 7) is 7.34. The predicted octanol–water partition coefficient (Wildman–Crippen LogP) is 2.52. The van der Waals surface area contributed by atoms with Gasteiger partial charge in [-0.3, -0.25) is 0 Å². The Morgan fingerprint density at radius 2 is 1.65 bits per heavy atom. The molecule has 4 nitrogen and oxygen atoms in total. The molecule has 0 spiro atoms. The van der Waals surface area contributed by atoms with Crippen molar-refractivity contribution in [2.24, 2.45) is 0 Å². The minimum absolute atomic E-state index is 0.242. The molecule has 1 aliphatic rings. The van der Waals surface area contributed by atoms with Gasteiger partial charge in [-0.25, -0.2) is 8.42 Å². The number of nitrogens with zero attached hydrogens (tertiary/aromatic N) is 1. The number of carbonyl (C=O) groups excluding carboxylic acids is 1. The van der Waals surface area contributed by atoms with Crippen LogP contribution >= 0.6 is 0 Å². The molecule has 20 heavy (non-hydrogen) atoms. The third kappa shape index (κ3) is 2.29. The summed E-state index contributed by atoms with van der Waals surface area (Å²) >= 11 is 0. The molecule has 0 aliphatic carbocycles. The van der Waals surface area contributed by atoms with E-state index in [1.54, 1.807) is 31.2 Å². The maximum absolute atomic E-state index is 12.9. The number of aryl methyl sites for hydroxylation is 1. The van der Waals surface area contributed by atoms with Gasteiger partial charge in [0.2, 0.25) is 10.0 Å². The molecule has 0 N–H and O–H groups in total. The minimum Gasteiger partial charge on any atom is -0.301 e. The van der Waals surface area contributed by atoms with Gasteiger partial charge in [0.05, 0.1) is 10.4 Å². The van der Waals surface area contributed by atoms with Gasteiger partial charge in [-0.15, -0.1) is 0 Å². The van der Waals surface area contributed by atoms with Gasteiger partial charge in [-0.1, -0.05) is 17.7 Å². The monoisotopic (exact) mass is 295 g/mol. The molecule has 0 radical (unpaired) electrons. The molecule has 1 aromatic carbocycles. The summed E-state index contributed by atoms with van der Waals surface area (Å²) in [4.78, 5) is 11.7. The first-order valence-corrected chi connectivity index (χ1v) is 8.16. The summed E-state index contributed by atoms with van der Waals surface area (Å²) in [7, 11) is -3.68. The predicted molar refractivity (Wildman–Crippen MR) is 78.0 cm³/mol. The lowest BCUT2D eigenvalue weighted by Crippen LogP contribution is -2.53. The Morgan fingerprint density at radius 1 is 1.10 bits per heavy atom. The van der Waals surface area contributed by atoms with Crippen molar-refractivity contribution in [1.29, 1.82) is 0 Å². The van der Waals surface area contributed by atoms with E-state index >= 15 is 0 Å². The SMILES string of the molecule is Cc1ccc(S(=O)(=O)N2C(C)(C)CCC2(C)C=O)cc1. The molecule has 1 aliphatic heterocycles. The van der Waals surface area contributed by atoms with Crippen molar-refractivity contribution in [3.05, 3.63) is 29.8 Å². The van der Waals surface area contributed by atoms with Gasteiger partial charge in [0.25, 0.3) is 0 Å². The highest BCUT2D eigenvalue weighted by molar-refractivity contribution is 7.89. The second-order valence-electron chi connectivity index (χ2n) is 6.37. The Labute approximate surface area is 120 Å². The normalized spacial score (nSPS) is 26.6. The fraction of sp³-hybridized carbons (Fsp3) is 0.533. The molecule has 110 valence electrons. The Kier molecular flexibility index (Phi) is 3.55. The lowest BCUT2D eigenvalue weighted by molar-refractivity contribution is -0.115. The van der Waals surface area contributed by atoms with E-state index in [2.05, 4.69) is 0 Å². The number of benzene rings is 1. The lowest BCUT2D eigenvalue weighted by atomic mass is 10.0. The smallest absolute Gasteiger partial charge is 0.244 e. The summed E-state index contributed by atoms with van der Waals surface area (Å²) in [5.74, 6) is 0. The average molecular weight is 295 g/mol. The van der Waals surface area contributed by atoms with Crippen LogP contribution in [0.2, 0.25) is 0 Å². The Bertz CT molecular complexity index is 619. The Balaban J connectivity index is 2.56. The second kappa shape index (κ2) is 4.67. The molecular formula is C15H21NO3S. The van der Waals surface area contributed by atoms with Gasteiger partial charge < -0.3 is 4.79 Å². The van der Waals surface area contributed by atoms with Crippen molar-refractivity contribution in [2.75, 3.05) is 0 Å². The van der Waals surface area contributed by atoms with Gasteiger partial charge >= 0.3 is 0 Å². The van der Waals surface area contributed by atoms with E-state index in [0.717, 1.165) is 11.8 Å². The number of hydrogen-bond donors (Lipinski definition) is 0. The molecule has 0 saturated carbocycles. The minimum atomic E-state index is -3.68. The van der Waals surface area contributed by atoms with Crippen LogP contribution in [0.15, 0.2) is 29.2 Å². The quantitative estimate of drug-likeness (QED) is 0.805. The van der Waals surface area contributed by atoms with Crippen molar-refractivity contribution in [1.82, 2.24) is 4.31 Å². The largest absolute Gasteiger partial charge is 0.301 e.